The Hall–Kier alpha value is -3.02. The minimum absolute atomic E-state index is 0.0367. The van der Waals surface area contributed by atoms with Gasteiger partial charge in [0.2, 0.25) is 11.5 Å². The molecule has 0 aromatic carbocycles. The van der Waals surface area contributed by atoms with Gasteiger partial charge in [0, 0.05) is 23.2 Å². The number of carbonyl (C=O) groups is 1. The number of nitrogens with zero attached hydrogens (tertiary/aromatic N) is 2. The number of hydrogen-bond donors (Lipinski definition) is 2. The van der Waals surface area contributed by atoms with E-state index >= 15 is 0 Å². The molecule has 3 heterocycles. The first-order valence-corrected chi connectivity index (χ1v) is 9.02. The standard InChI is InChI=1S/C9H8N2O.C8H10N2O.2C2H6/c1-6-4-5-10-9-7(6)2-3-8(12)11-9;1-5(2)6-4-7(11)10-8(6)9-3;2*1-2/h2-5H,1H3,(H,10,11,12);1,3-4H2,2H3,(H,10,11);2*1-2H3. The van der Waals surface area contributed by atoms with Gasteiger partial charge in [-0.3, -0.25) is 9.59 Å². The summed E-state index contributed by atoms with van der Waals surface area (Å²) < 4.78 is 0. The zero-order valence-corrected chi connectivity index (χ0v) is 17.1. The van der Waals surface area contributed by atoms with Crippen LogP contribution in [0.2, 0.25) is 0 Å². The molecule has 2 aromatic rings. The first-order valence-electron chi connectivity index (χ1n) is 9.02. The summed E-state index contributed by atoms with van der Waals surface area (Å²) in [7, 11) is 0. The normalized spacial score (nSPS) is 11.9. The Morgan fingerprint density at radius 1 is 1.15 bits per heavy atom. The van der Waals surface area contributed by atoms with E-state index in [1.165, 1.54) is 6.07 Å². The van der Waals surface area contributed by atoms with Crippen LogP contribution in [0.3, 0.4) is 0 Å². The van der Waals surface area contributed by atoms with Gasteiger partial charge in [0.15, 0.2) is 0 Å². The van der Waals surface area contributed by atoms with Gasteiger partial charge in [0.1, 0.15) is 11.5 Å². The van der Waals surface area contributed by atoms with Gasteiger partial charge >= 0.3 is 0 Å². The molecule has 0 radical (unpaired) electrons. The van der Waals surface area contributed by atoms with E-state index in [1.807, 2.05) is 47.6 Å². The predicted octanol–water partition coefficient (Wildman–Crippen LogP) is 4.28. The number of pyridine rings is 2. The number of allylic oxidation sites excluding steroid dienone is 1. The SMILES string of the molecule is C=NC1=C(C(=C)C)CC(=O)N1.CC.CC.Cc1ccnc2[nH]c(=O)ccc12. The van der Waals surface area contributed by atoms with Crippen molar-refractivity contribution in [3.63, 3.8) is 0 Å². The molecule has 6 nitrogen and oxygen atoms in total. The number of hydrogen-bond acceptors (Lipinski definition) is 4. The predicted molar refractivity (Wildman–Crippen MR) is 114 cm³/mol. The summed E-state index contributed by atoms with van der Waals surface area (Å²) in [5.41, 5.74) is 3.40. The summed E-state index contributed by atoms with van der Waals surface area (Å²) in [5.74, 6) is 0.521. The number of aromatic amines is 1. The van der Waals surface area contributed by atoms with E-state index in [4.69, 9.17) is 0 Å². The number of fused-ring (bicyclic) bond motifs is 1. The van der Waals surface area contributed by atoms with E-state index in [0.717, 1.165) is 22.1 Å². The molecule has 2 N–H and O–H groups in total. The molecule has 0 unspecified atom stereocenters. The zero-order valence-electron chi connectivity index (χ0n) is 17.1. The smallest absolute Gasteiger partial charge is 0.249 e. The fraction of sp³-hybridized carbons (Fsp3) is 0.333. The highest BCUT2D eigenvalue weighted by atomic mass is 16.2. The largest absolute Gasteiger partial charge is 0.310 e. The molecule has 0 fully saturated rings. The summed E-state index contributed by atoms with van der Waals surface area (Å²) in [5, 5.41) is 3.58. The van der Waals surface area contributed by atoms with E-state index in [9.17, 15) is 9.59 Å². The Balaban J connectivity index is 0.000000425. The van der Waals surface area contributed by atoms with Gasteiger partial charge in [-0.05, 0) is 38.3 Å². The molecule has 0 spiro atoms. The average molecular weight is 370 g/mol. The molecule has 6 heteroatoms. The molecular formula is C21H30N4O2. The van der Waals surface area contributed by atoms with Gasteiger partial charge in [-0.2, -0.15) is 0 Å². The maximum atomic E-state index is 10.9. The highest BCUT2D eigenvalue weighted by Crippen LogP contribution is 2.21. The van der Waals surface area contributed by atoms with Crippen molar-refractivity contribution in [2.75, 3.05) is 0 Å². The first-order chi connectivity index (χ1) is 12.9. The summed E-state index contributed by atoms with van der Waals surface area (Å²) in [6.07, 6.45) is 2.07. The third-order valence-electron chi connectivity index (χ3n) is 3.41. The fourth-order valence-electron chi connectivity index (χ4n) is 2.18. The molecule has 1 aliphatic heterocycles. The van der Waals surface area contributed by atoms with Crippen molar-refractivity contribution < 1.29 is 4.79 Å². The lowest BCUT2D eigenvalue weighted by Gasteiger charge is -1.97. The van der Waals surface area contributed by atoms with Crippen LogP contribution in [0.5, 0.6) is 0 Å². The van der Waals surface area contributed by atoms with E-state index in [1.54, 1.807) is 12.3 Å². The highest BCUT2D eigenvalue weighted by molar-refractivity contribution is 5.85. The molecule has 0 atom stereocenters. The number of nitrogens with one attached hydrogen (secondary N) is 2. The van der Waals surface area contributed by atoms with Crippen molar-refractivity contribution in [2.24, 2.45) is 4.99 Å². The minimum atomic E-state index is -0.111. The number of H-pyrrole nitrogens is 1. The third kappa shape index (κ3) is 7.01. The summed E-state index contributed by atoms with van der Waals surface area (Å²) in [6.45, 7) is 18.9. The molecule has 0 bridgehead atoms. The van der Waals surface area contributed by atoms with Crippen LogP contribution in [0.4, 0.5) is 0 Å². The number of amides is 1. The highest BCUT2D eigenvalue weighted by Gasteiger charge is 2.19. The lowest BCUT2D eigenvalue weighted by molar-refractivity contribution is -0.118. The van der Waals surface area contributed by atoms with Crippen LogP contribution in [0, 0.1) is 6.92 Å². The topological polar surface area (TPSA) is 87.2 Å². The van der Waals surface area contributed by atoms with E-state index in [2.05, 4.69) is 33.6 Å². The van der Waals surface area contributed by atoms with Gasteiger partial charge < -0.3 is 10.3 Å². The van der Waals surface area contributed by atoms with Gasteiger partial charge in [0.25, 0.3) is 0 Å². The Morgan fingerprint density at radius 3 is 2.30 bits per heavy atom. The molecular weight excluding hydrogens is 340 g/mol. The van der Waals surface area contributed by atoms with Crippen molar-refractivity contribution >= 4 is 23.7 Å². The van der Waals surface area contributed by atoms with Crippen LogP contribution in [0.15, 0.2) is 57.7 Å². The lowest BCUT2D eigenvalue weighted by Crippen LogP contribution is -2.13. The molecule has 0 aliphatic carbocycles. The molecule has 146 valence electrons. The second kappa shape index (κ2) is 12.4. The van der Waals surface area contributed by atoms with Gasteiger partial charge in [-0.25, -0.2) is 9.98 Å². The lowest BCUT2D eigenvalue weighted by atomic mass is 10.1. The van der Waals surface area contributed by atoms with Crippen LogP contribution in [0.1, 0.15) is 46.6 Å². The monoisotopic (exact) mass is 370 g/mol. The number of carbonyl (C=O) groups excluding carboxylic acids is 1. The Bertz CT molecular complexity index is 879. The van der Waals surface area contributed by atoms with E-state index < -0.39 is 0 Å². The Labute approximate surface area is 161 Å². The quantitative estimate of drug-likeness (QED) is 0.774. The second-order valence-electron chi connectivity index (χ2n) is 5.20. The molecule has 3 rings (SSSR count). The van der Waals surface area contributed by atoms with Crippen LogP contribution in [-0.2, 0) is 4.79 Å². The van der Waals surface area contributed by atoms with Crippen LogP contribution < -0.4 is 10.9 Å². The maximum absolute atomic E-state index is 10.9. The molecule has 2 aromatic heterocycles. The summed E-state index contributed by atoms with van der Waals surface area (Å²) >= 11 is 0. The summed E-state index contributed by atoms with van der Waals surface area (Å²) in [6, 6.07) is 5.22. The van der Waals surface area contributed by atoms with Crippen LogP contribution >= 0.6 is 0 Å². The minimum Gasteiger partial charge on any atom is -0.310 e. The number of aryl methyl sites for hydroxylation is 1. The number of rotatable bonds is 2. The van der Waals surface area contributed by atoms with Crippen molar-refractivity contribution in [2.45, 2.75) is 48.0 Å². The maximum Gasteiger partial charge on any atom is 0.249 e. The van der Waals surface area contributed by atoms with Crippen molar-refractivity contribution in [3.8, 4) is 0 Å². The second-order valence-corrected chi connectivity index (χ2v) is 5.20. The van der Waals surface area contributed by atoms with Gasteiger partial charge in [-0.1, -0.05) is 39.8 Å². The third-order valence-corrected chi connectivity index (χ3v) is 3.41. The fourth-order valence-corrected chi connectivity index (χ4v) is 2.18. The number of aliphatic imine (C=N–C) groups is 1. The zero-order chi connectivity index (χ0) is 21.0. The molecule has 1 amide bonds. The Morgan fingerprint density at radius 2 is 1.78 bits per heavy atom. The molecule has 0 saturated heterocycles. The van der Waals surface area contributed by atoms with E-state index in [0.29, 0.717) is 17.9 Å². The van der Waals surface area contributed by atoms with Crippen LogP contribution in [-0.4, -0.2) is 22.6 Å². The van der Waals surface area contributed by atoms with E-state index in [-0.39, 0.29) is 11.5 Å². The first kappa shape index (κ1) is 24.0. The van der Waals surface area contributed by atoms with Gasteiger partial charge in [0.05, 0.1) is 6.42 Å². The summed E-state index contributed by atoms with van der Waals surface area (Å²) in [4.78, 5) is 32.1. The molecule has 1 aliphatic rings. The van der Waals surface area contributed by atoms with Crippen molar-refractivity contribution in [1.29, 1.82) is 0 Å². The average Bonchev–Trinajstić information content (AvgIpc) is 3.07. The van der Waals surface area contributed by atoms with Gasteiger partial charge in [-0.15, -0.1) is 0 Å². The Kier molecular flexibility index (Phi) is 11.0. The van der Waals surface area contributed by atoms with Crippen molar-refractivity contribution in [3.05, 3.63) is 63.9 Å². The van der Waals surface area contributed by atoms with Crippen molar-refractivity contribution in [1.82, 2.24) is 15.3 Å². The number of aromatic nitrogens is 2. The molecule has 27 heavy (non-hydrogen) atoms. The molecule has 0 saturated carbocycles. The van der Waals surface area contributed by atoms with Crippen LogP contribution in [0.25, 0.3) is 11.0 Å².